The van der Waals surface area contributed by atoms with E-state index in [1.807, 2.05) is 0 Å². The molecule has 3 nitrogen and oxygen atoms in total. The van der Waals surface area contributed by atoms with Gasteiger partial charge < -0.3 is 11.1 Å². The summed E-state index contributed by atoms with van der Waals surface area (Å²) in [5.41, 5.74) is 6.14. The highest BCUT2D eigenvalue weighted by atomic mass is 35.5. The molecular weight excluding hydrogens is 286 g/mol. The zero-order chi connectivity index (χ0) is 14.0. The molecule has 3 N–H and O–H groups in total. The van der Waals surface area contributed by atoms with E-state index >= 15 is 0 Å². The summed E-state index contributed by atoms with van der Waals surface area (Å²) in [6.07, 6.45) is 2.56. The summed E-state index contributed by atoms with van der Waals surface area (Å²) in [5.74, 6) is -1.63. The molecule has 1 fully saturated rings. The van der Waals surface area contributed by atoms with Crippen LogP contribution in [0.15, 0.2) is 18.2 Å². The minimum Gasteiger partial charge on any atom is -0.349 e. The monoisotopic (exact) mass is 304 g/mol. The molecule has 1 aromatic rings. The van der Waals surface area contributed by atoms with E-state index in [1.54, 1.807) is 6.92 Å². The lowest BCUT2D eigenvalue weighted by molar-refractivity contribution is -0.125. The molecule has 2 rings (SSSR count). The quantitative estimate of drug-likeness (QED) is 0.902. The molecule has 0 spiro atoms. The highest BCUT2D eigenvalue weighted by Crippen LogP contribution is 2.25. The first-order valence-electron chi connectivity index (χ1n) is 6.50. The fourth-order valence-electron chi connectivity index (χ4n) is 2.57. The first-order valence-corrected chi connectivity index (χ1v) is 6.50. The van der Waals surface area contributed by atoms with Crippen LogP contribution in [0.1, 0.15) is 37.8 Å². The smallest absolute Gasteiger partial charge is 0.225 e. The molecule has 3 unspecified atom stereocenters. The molecule has 1 aliphatic carbocycles. The summed E-state index contributed by atoms with van der Waals surface area (Å²) in [6, 6.07) is 2.73. The van der Waals surface area contributed by atoms with Crippen molar-refractivity contribution < 1.29 is 13.6 Å². The Morgan fingerprint density at radius 3 is 2.65 bits per heavy atom. The molecule has 0 aliphatic heterocycles. The number of nitrogens with two attached hydrogens (primary N) is 1. The van der Waals surface area contributed by atoms with Crippen molar-refractivity contribution in [1.29, 1.82) is 0 Å². The van der Waals surface area contributed by atoms with Crippen molar-refractivity contribution in [3.8, 4) is 0 Å². The molecule has 0 saturated heterocycles. The van der Waals surface area contributed by atoms with E-state index in [0.29, 0.717) is 0 Å². The van der Waals surface area contributed by atoms with Crippen LogP contribution in [0.25, 0.3) is 0 Å². The second-order valence-electron chi connectivity index (χ2n) is 5.10. The average molecular weight is 305 g/mol. The highest BCUT2D eigenvalue weighted by Gasteiger charge is 2.31. The summed E-state index contributed by atoms with van der Waals surface area (Å²) in [4.78, 5) is 12.0. The Labute approximate surface area is 123 Å². The van der Waals surface area contributed by atoms with Crippen LogP contribution >= 0.6 is 12.4 Å². The molecule has 0 aromatic heterocycles. The maximum atomic E-state index is 13.6. The molecule has 20 heavy (non-hydrogen) atoms. The average Bonchev–Trinajstić information content (AvgIpc) is 2.75. The van der Waals surface area contributed by atoms with Crippen LogP contribution in [0.3, 0.4) is 0 Å². The summed E-state index contributed by atoms with van der Waals surface area (Å²) in [5, 5.41) is 2.75. The number of rotatable bonds is 3. The van der Waals surface area contributed by atoms with Crippen molar-refractivity contribution in [3.63, 3.8) is 0 Å². The Bertz CT molecular complexity index is 484. The molecule has 1 aromatic carbocycles. The minimum atomic E-state index is -0.650. The van der Waals surface area contributed by atoms with Gasteiger partial charge in [-0.1, -0.05) is 12.5 Å². The van der Waals surface area contributed by atoms with Crippen molar-refractivity contribution in [3.05, 3.63) is 35.4 Å². The van der Waals surface area contributed by atoms with Crippen LogP contribution in [0.5, 0.6) is 0 Å². The molecule has 6 heteroatoms. The van der Waals surface area contributed by atoms with Crippen molar-refractivity contribution in [2.75, 3.05) is 0 Å². The van der Waals surface area contributed by atoms with Crippen molar-refractivity contribution in [2.45, 2.75) is 38.3 Å². The van der Waals surface area contributed by atoms with Crippen molar-refractivity contribution in [2.24, 2.45) is 11.7 Å². The minimum absolute atomic E-state index is 0. The second-order valence-corrected chi connectivity index (χ2v) is 5.10. The predicted octanol–water partition coefficient (Wildman–Crippen LogP) is 2.69. The zero-order valence-electron chi connectivity index (χ0n) is 11.2. The number of hydrogen-bond donors (Lipinski definition) is 2. The van der Waals surface area contributed by atoms with Crippen LogP contribution in [0.4, 0.5) is 8.78 Å². The number of benzene rings is 1. The first kappa shape index (κ1) is 16.9. The molecular formula is C14H19ClF2N2O. The maximum absolute atomic E-state index is 13.6. The van der Waals surface area contributed by atoms with Gasteiger partial charge in [0, 0.05) is 17.7 Å². The Morgan fingerprint density at radius 2 is 2.10 bits per heavy atom. The van der Waals surface area contributed by atoms with Crippen LogP contribution in [-0.2, 0) is 4.79 Å². The lowest BCUT2D eigenvalue weighted by atomic mass is 10.0. The van der Waals surface area contributed by atoms with Gasteiger partial charge in [-0.3, -0.25) is 4.79 Å². The standard InChI is InChI=1S/C14H18F2N2O.ClH/c1-8(10-6-5-9(15)7-12(10)16)18-14(19)11-3-2-4-13(11)17;/h5-8,11,13H,2-4,17H2,1H3,(H,18,19);1H. The van der Waals surface area contributed by atoms with Crippen LogP contribution in [0, 0.1) is 17.6 Å². The molecule has 3 atom stereocenters. The molecule has 1 saturated carbocycles. The topological polar surface area (TPSA) is 55.1 Å². The Hall–Kier alpha value is -1.20. The first-order chi connectivity index (χ1) is 8.99. The van der Waals surface area contributed by atoms with Gasteiger partial charge in [-0.2, -0.15) is 0 Å². The SMILES string of the molecule is CC(NC(=O)C1CCCC1N)c1ccc(F)cc1F.Cl. The lowest BCUT2D eigenvalue weighted by Gasteiger charge is -2.20. The highest BCUT2D eigenvalue weighted by molar-refractivity contribution is 5.85. The van der Waals surface area contributed by atoms with Crippen LogP contribution < -0.4 is 11.1 Å². The van der Waals surface area contributed by atoms with E-state index in [-0.39, 0.29) is 35.8 Å². The van der Waals surface area contributed by atoms with E-state index in [1.165, 1.54) is 12.1 Å². The molecule has 0 heterocycles. The number of amides is 1. The van der Waals surface area contributed by atoms with Gasteiger partial charge in [-0.05, 0) is 25.8 Å². The third kappa shape index (κ3) is 3.67. The number of carbonyl (C=O) groups is 1. The lowest BCUT2D eigenvalue weighted by Crippen LogP contribution is -2.39. The molecule has 0 bridgehead atoms. The zero-order valence-corrected chi connectivity index (χ0v) is 12.1. The van der Waals surface area contributed by atoms with E-state index < -0.39 is 17.7 Å². The van der Waals surface area contributed by atoms with E-state index in [4.69, 9.17) is 5.73 Å². The largest absolute Gasteiger partial charge is 0.349 e. The van der Waals surface area contributed by atoms with E-state index in [2.05, 4.69) is 5.32 Å². The third-order valence-electron chi connectivity index (χ3n) is 3.69. The van der Waals surface area contributed by atoms with Gasteiger partial charge >= 0.3 is 0 Å². The number of carbonyl (C=O) groups excluding carboxylic acids is 1. The van der Waals surface area contributed by atoms with Gasteiger partial charge in [0.2, 0.25) is 5.91 Å². The Morgan fingerprint density at radius 1 is 1.40 bits per heavy atom. The van der Waals surface area contributed by atoms with Crippen molar-refractivity contribution >= 4 is 18.3 Å². The number of hydrogen-bond acceptors (Lipinski definition) is 2. The third-order valence-corrected chi connectivity index (χ3v) is 3.69. The summed E-state index contributed by atoms with van der Waals surface area (Å²) < 4.78 is 26.4. The van der Waals surface area contributed by atoms with Gasteiger partial charge in [0.05, 0.1) is 12.0 Å². The van der Waals surface area contributed by atoms with Crippen LogP contribution in [-0.4, -0.2) is 11.9 Å². The molecule has 0 radical (unpaired) electrons. The molecule has 1 aliphatic rings. The van der Waals surface area contributed by atoms with E-state index in [9.17, 15) is 13.6 Å². The van der Waals surface area contributed by atoms with E-state index in [0.717, 1.165) is 25.3 Å². The summed E-state index contributed by atoms with van der Waals surface area (Å²) >= 11 is 0. The number of halogens is 3. The van der Waals surface area contributed by atoms with Gasteiger partial charge in [0.15, 0.2) is 0 Å². The van der Waals surface area contributed by atoms with Gasteiger partial charge in [-0.15, -0.1) is 12.4 Å². The fraction of sp³-hybridized carbons (Fsp3) is 0.500. The second kappa shape index (κ2) is 6.99. The summed E-state index contributed by atoms with van der Waals surface area (Å²) in [6.45, 7) is 1.68. The summed E-state index contributed by atoms with van der Waals surface area (Å²) in [7, 11) is 0. The Kier molecular flexibility index (Phi) is 5.89. The number of nitrogens with one attached hydrogen (secondary N) is 1. The molecule has 1 amide bonds. The normalized spacial score (nSPS) is 23.0. The Balaban J connectivity index is 0.00000200. The fourth-order valence-corrected chi connectivity index (χ4v) is 2.57. The van der Waals surface area contributed by atoms with Gasteiger partial charge in [0.25, 0.3) is 0 Å². The van der Waals surface area contributed by atoms with Gasteiger partial charge in [0.1, 0.15) is 11.6 Å². The molecule has 112 valence electrons. The maximum Gasteiger partial charge on any atom is 0.225 e. The van der Waals surface area contributed by atoms with Crippen molar-refractivity contribution in [1.82, 2.24) is 5.32 Å². The van der Waals surface area contributed by atoms with Crippen LogP contribution in [0.2, 0.25) is 0 Å². The van der Waals surface area contributed by atoms with Gasteiger partial charge in [-0.25, -0.2) is 8.78 Å². The predicted molar refractivity (Wildman–Crippen MR) is 75.5 cm³/mol.